The van der Waals surface area contributed by atoms with E-state index in [0.717, 1.165) is 28.3 Å². The van der Waals surface area contributed by atoms with Gasteiger partial charge in [0, 0.05) is 17.3 Å². The molecule has 0 aliphatic heterocycles. The zero-order valence-corrected chi connectivity index (χ0v) is 13.0. The Bertz CT molecular complexity index is 965. The average molecular weight is 358 g/mol. The number of sulfonamides is 1. The molecule has 0 unspecified atom stereocenters. The summed E-state index contributed by atoms with van der Waals surface area (Å²) in [7, 11) is -4.11. The molecule has 2 aromatic carbocycles. The molecule has 0 saturated carbocycles. The second kappa shape index (κ2) is 5.50. The average Bonchev–Trinajstić information content (AvgIpc) is 2.93. The lowest BCUT2D eigenvalue weighted by molar-refractivity contribution is -0.137. The second-order valence-corrected chi connectivity index (χ2v) is 7.23. The first-order valence-corrected chi connectivity index (χ1v) is 8.56. The monoisotopic (exact) mass is 358 g/mol. The van der Waals surface area contributed by atoms with E-state index in [1.807, 2.05) is 0 Å². The van der Waals surface area contributed by atoms with E-state index in [-0.39, 0.29) is 5.69 Å². The summed E-state index contributed by atoms with van der Waals surface area (Å²) in [4.78, 5) is -0.448. The molecule has 120 valence electrons. The summed E-state index contributed by atoms with van der Waals surface area (Å²) < 4.78 is 69.8. The summed E-state index contributed by atoms with van der Waals surface area (Å²) in [5, 5.41) is 0.749. The lowest BCUT2D eigenvalue weighted by atomic mass is 10.2. The van der Waals surface area contributed by atoms with Gasteiger partial charge in [0.15, 0.2) is 0 Å². The van der Waals surface area contributed by atoms with Crippen molar-refractivity contribution in [2.24, 2.45) is 0 Å². The number of nitrogens with one attached hydrogen (secondary N) is 1. The van der Waals surface area contributed by atoms with E-state index in [4.69, 9.17) is 0 Å². The summed E-state index contributed by atoms with van der Waals surface area (Å²) in [6, 6.07) is 8.40. The van der Waals surface area contributed by atoms with Crippen molar-refractivity contribution in [3.8, 4) is 0 Å². The van der Waals surface area contributed by atoms with Gasteiger partial charge in [-0.25, -0.2) is 8.42 Å². The lowest BCUT2D eigenvalue weighted by Crippen LogP contribution is -2.14. The highest BCUT2D eigenvalue weighted by Gasteiger charge is 2.31. The molecule has 0 fully saturated rings. The van der Waals surface area contributed by atoms with Crippen molar-refractivity contribution < 1.29 is 21.6 Å². The van der Waals surface area contributed by atoms with Crippen LogP contribution in [0.15, 0.2) is 53.6 Å². The number of fused-ring (bicyclic) bond motifs is 1. The van der Waals surface area contributed by atoms with Crippen molar-refractivity contribution >= 4 is 37.3 Å². The van der Waals surface area contributed by atoms with Crippen LogP contribution >= 0.6 is 11.5 Å². The predicted octanol–water partition coefficient (Wildman–Crippen LogP) is 4.12. The molecular formula is C14H9F3N2O2S2. The van der Waals surface area contributed by atoms with Crippen LogP contribution in [0.5, 0.6) is 0 Å². The fraction of sp³-hybridized carbons (Fsp3) is 0.0714. The standard InChI is InChI=1S/C14H9F3N2O2S2/c15-14(16,17)10-2-1-3-12(7-10)23(20,21)19-11-4-5-13-9(6-11)8-18-22-13/h1-8,19H. The molecule has 23 heavy (non-hydrogen) atoms. The molecule has 1 aromatic heterocycles. The van der Waals surface area contributed by atoms with Gasteiger partial charge in [0.1, 0.15) is 0 Å². The van der Waals surface area contributed by atoms with Gasteiger partial charge in [-0.1, -0.05) is 6.07 Å². The Morgan fingerprint density at radius 1 is 1.09 bits per heavy atom. The number of rotatable bonds is 3. The predicted molar refractivity (Wildman–Crippen MR) is 81.9 cm³/mol. The number of anilines is 1. The van der Waals surface area contributed by atoms with Crippen LogP contribution in [0.2, 0.25) is 0 Å². The van der Waals surface area contributed by atoms with Crippen molar-refractivity contribution in [3.63, 3.8) is 0 Å². The van der Waals surface area contributed by atoms with Gasteiger partial charge >= 0.3 is 6.18 Å². The van der Waals surface area contributed by atoms with E-state index < -0.39 is 26.7 Å². The molecule has 4 nitrogen and oxygen atoms in total. The van der Waals surface area contributed by atoms with Gasteiger partial charge in [-0.3, -0.25) is 4.72 Å². The molecule has 1 heterocycles. The minimum atomic E-state index is -4.60. The van der Waals surface area contributed by atoms with E-state index in [1.54, 1.807) is 18.3 Å². The zero-order chi connectivity index (χ0) is 16.7. The van der Waals surface area contributed by atoms with Gasteiger partial charge in [-0.2, -0.15) is 17.5 Å². The normalized spacial score (nSPS) is 12.5. The Morgan fingerprint density at radius 2 is 1.87 bits per heavy atom. The highest BCUT2D eigenvalue weighted by atomic mass is 32.2. The number of hydrogen-bond acceptors (Lipinski definition) is 4. The van der Waals surface area contributed by atoms with Crippen LogP contribution in [0.25, 0.3) is 10.1 Å². The van der Waals surface area contributed by atoms with E-state index in [2.05, 4.69) is 9.10 Å². The maximum Gasteiger partial charge on any atom is 0.416 e. The molecule has 0 aliphatic carbocycles. The molecule has 0 atom stereocenters. The van der Waals surface area contributed by atoms with Crippen LogP contribution in [0.4, 0.5) is 18.9 Å². The third-order valence-corrected chi connectivity index (χ3v) is 5.23. The quantitative estimate of drug-likeness (QED) is 0.766. The number of halogens is 3. The second-order valence-electron chi connectivity index (χ2n) is 4.71. The first kappa shape index (κ1) is 15.8. The van der Waals surface area contributed by atoms with E-state index in [1.165, 1.54) is 17.6 Å². The number of benzene rings is 2. The maximum atomic E-state index is 12.7. The fourth-order valence-corrected chi connectivity index (χ4v) is 3.71. The van der Waals surface area contributed by atoms with Crippen molar-refractivity contribution in [2.45, 2.75) is 11.1 Å². The van der Waals surface area contributed by atoms with Crippen LogP contribution < -0.4 is 4.72 Å². The Labute approximate surface area is 133 Å². The van der Waals surface area contributed by atoms with Gasteiger partial charge < -0.3 is 0 Å². The molecule has 0 amide bonds. The summed E-state index contributed by atoms with van der Waals surface area (Å²) in [6.07, 6.45) is -3.02. The van der Waals surface area contributed by atoms with Gasteiger partial charge in [0.2, 0.25) is 0 Å². The number of nitrogens with zero attached hydrogens (tertiary/aromatic N) is 1. The Hall–Kier alpha value is -2.13. The van der Waals surface area contributed by atoms with Crippen molar-refractivity contribution in [1.29, 1.82) is 0 Å². The highest BCUT2D eigenvalue weighted by molar-refractivity contribution is 7.92. The molecular weight excluding hydrogens is 349 g/mol. The Kier molecular flexibility index (Phi) is 3.77. The molecule has 3 aromatic rings. The van der Waals surface area contributed by atoms with Crippen LogP contribution in [0.1, 0.15) is 5.56 Å². The third-order valence-electron chi connectivity index (χ3n) is 3.08. The number of aromatic nitrogens is 1. The number of hydrogen-bond donors (Lipinski definition) is 1. The van der Waals surface area contributed by atoms with E-state index in [9.17, 15) is 21.6 Å². The van der Waals surface area contributed by atoms with Crippen molar-refractivity contribution in [3.05, 3.63) is 54.2 Å². The summed E-state index contributed by atoms with van der Waals surface area (Å²) >= 11 is 1.26. The third kappa shape index (κ3) is 3.30. The minimum Gasteiger partial charge on any atom is -0.280 e. The topological polar surface area (TPSA) is 59.1 Å². The SMILES string of the molecule is O=S(=O)(Nc1ccc2sncc2c1)c1cccc(C(F)(F)F)c1. The van der Waals surface area contributed by atoms with Crippen LogP contribution in [0, 0.1) is 0 Å². The summed E-state index contributed by atoms with van der Waals surface area (Å²) in [5.74, 6) is 0. The van der Waals surface area contributed by atoms with E-state index in [0.29, 0.717) is 6.07 Å². The molecule has 0 bridgehead atoms. The first-order valence-electron chi connectivity index (χ1n) is 6.30. The van der Waals surface area contributed by atoms with Crippen LogP contribution in [0.3, 0.4) is 0 Å². The largest absolute Gasteiger partial charge is 0.416 e. The summed E-state index contributed by atoms with van der Waals surface area (Å²) in [5.41, 5.74) is -0.757. The van der Waals surface area contributed by atoms with Crippen molar-refractivity contribution in [2.75, 3.05) is 4.72 Å². The number of alkyl halides is 3. The Morgan fingerprint density at radius 3 is 2.61 bits per heavy atom. The highest BCUT2D eigenvalue weighted by Crippen LogP contribution is 2.31. The van der Waals surface area contributed by atoms with Gasteiger partial charge in [-0.05, 0) is 47.9 Å². The van der Waals surface area contributed by atoms with E-state index >= 15 is 0 Å². The Balaban J connectivity index is 1.95. The molecule has 0 radical (unpaired) electrons. The molecule has 0 aliphatic rings. The smallest absolute Gasteiger partial charge is 0.280 e. The van der Waals surface area contributed by atoms with Crippen LogP contribution in [-0.4, -0.2) is 12.8 Å². The fourth-order valence-electron chi connectivity index (χ4n) is 1.99. The summed E-state index contributed by atoms with van der Waals surface area (Å²) in [6.45, 7) is 0. The first-order chi connectivity index (χ1) is 10.8. The zero-order valence-electron chi connectivity index (χ0n) is 11.3. The lowest BCUT2D eigenvalue weighted by Gasteiger charge is -2.11. The molecule has 3 rings (SSSR count). The minimum absolute atomic E-state index is 0.259. The van der Waals surface area contributed by atoms with Gasteiger partial charge in [-0.15, -0.1) is 0 Å². The maximum absolute atomic E-state index is 12.7. The molecule has 9 heteroatoms. The van der Waals surface area contributed by atoms with Gasteiger partial charge in [0.05, 0.1) is 15.2 Å². The van der Waals surface area contributed by atoms with Crippen LogP contribution in [-0.2, 0) is 16.2 Å². The van der Waals surface area contributed by atoms with Crippen molar-refractivity contribution in [1.82, 2.24) is 4.37 Å². The molecule has 0 saturated heterocycles. The molecule has 0 spiro atoms. The molecule has 1 N–H and O–H groups in total. The van der Waals surface area contributed by atoms with Gasteiger partial charge in [0.25, 0.3) is 10.0 Å².